The summed E-state index contributed by atoms with van der Waals surface area (Å²) >= 11 is 0. The van der Waals surface area contributed by atoms with E-state index in [0.717, 1.165) is 10.1 Å². The van der Waals surface area contributed by atoms with Gasteiger partial charge < -0.3 is 10.3 Å². The Hall–Kier alpha value is -2.63. The molecule has 6 nitrogen and oxygen atoms in total. The molecule has 0 unspecified atom stereocenters. The summed E-state index contributed by atoms with van der Waals surface area (Å²) in [6.07, 6.45) is 2.91. The van der Waals surface area contributed by atoms with E-state index in [1.165, 1.54) is 24.0 Å². The van der Waals surface area contributed by atoms with Crippen molar-refractivity contribution >= 4 is 17.6 Å². The molecule has 0 amide bonds. The number of benzene rings is 1. The number of nitrogen functional groups attached to an aromatic ring is 1. The molecule has 0 radical (unpaired) electrons. The van der Waals surface area contributed by atoms with Gasteiger partial charge in [0.25, 0.3) is 5.56 Å². The van der Waals surface area contributed by atoms with Crippen LogP contribution in [-0.2, 0) is 14.1 Å². The van der Waals surface area contributed by atoms with Crippen molar-refractivity contribution < 1.29 is 0 Å². The first-order chi connectivity index (χ1) is 9.00. The van der Waals surface area contributed by atoms with Crippen LogP contribution < -0.4 is 17.0 Å². The number of aryl methyl sites for hydroxylation is 1. The van der Waals surface area contributed by atoms with Crippen LogP contribution in [0.2, 0.25) is 0 Å². The van der Waals surface area contributed by atoms with E-state index in [9.17, 15) is 9.59 Å². The Morgan fingerprint density at radius 2 is 1.89 bits per heavy atom. The molecule has 0 atom stereocenters. The minimum absolute atomic E-state index is 0.188. The van der Waals surface area contributed by atoms with Crippen LogP contribution in [-0.4, -0.2) is 15.3 Å². The van der Waals surface area contributed by atoms with Crippen molar-refractivity contribution in [3.63, 3.8) is 0 Å². The molecule has 1 aromatic carbocycles. The van der Waals surface area contributed by atoms with Gasteiger partial charge in [-0.25, -0.2) is 9.79 Å². The zero-order chi connectivity index (χ0) is 14.0. The van der Waals surface area contributed by atoms with Crippen LogP contribution in [0.3, 0.4) is 0 Å². The SMILES string of the molecule is Cn1cc(N=Cc2ccccc2N)c(=O)n(C)c1=O. The molecule has 2 N–H and O–H groups in total. The van der Waals surface area contributed by atoms with E-state index in [2.05, 4.69) is 4.99 Å². The number of aromatic nitrogens is 2. The first kappa shape index (κ1) is 12.8. The number of para-hydroxylation sites is 1. The molecule has 0 saturated carbocycles. The van der Waals surface area contributed by atoms with E-state index in [1.807, 2.05) is 12.1 Å². The average molecular weight is 258 g/mol. The zero-order valence-corrected chi connectivity index (χ0v) is 10.7. The first-order valence-corrected chi connectivity index (χ1v) is 5.66. The van der Waals surface area contributed by atoms with Crippen molar-refractivity contribution in [3.05, 3.63) is 56.9 Å². The maximum Gasteiger partial charge on any atom is 0.330 e. The third-order valence-electron chi connectivity index (χ3n) is 2.77. The molecule has 6 heteroatoms. The fraction of sp³-hybridized carbons (Fsp3) is 0.154. The van der Waals surface area contributed by atoms with Crippen LogP contribution in [0.25, 0.3) is 0 Å². The summed E-state index contributed by atoms with van der Waals surface area (Å²) in [6, 6.07) is 7.19. The van der Waals surface area contributed by atoms with Gasteiger partial charge in [0, 0.05) is 37.8 Å². The summed E-state index contributed by atoms with van der Waals surface area (Å²) < 4.78 is 2.32. The molecule has 2 rings (SSSR count). The fourth-order valence-electron chi connectivity index (χ4n) is 1.65. The van der Waals surface area contributed by atoms with Crippen LogP contribution in [0.4, 0.5) is 11.4 Å². The van der Waals surface area contributed by atoms with Crippen LogP contribution in [0.15, 0.2) is 45.0 Å². The Morgan fingerprint density at radius 3 is 2.58 bits per heavy atom. The quantitative estimate of drug-likeness (QED) is 0.626. The predicted molar refractivity (Wildman–Crippen MR) is 75.0 cm³/mol. The Bertz CT molecular complexity index is 756. The van der Waals surface area contributed by atoms with Crippen LogP contribution >= 0.6 is 0 Å². The summed E-state index contributed by atoms with van der Waals surface area (Å²) in [5, 5.41) is 0. The lowest BCUT2D eigenvalue weighted by molar-refractivity contribution is 0.687. The first-order valence-electron chi connectivity index (χ1n) is 5.66. The van der Waals surface area contributed by atoms with Gasteiger partial charge in [0.2, 0.25) is 0 Å². The average Bonchev–Trinajstić information content (AvgIpc) is 2.40. The van der Waals surface area contributed by atoms with E-state index in [0.29, 0.717) is 5.69 Å². The third-order valence-corrected chi connectivity index (χ3v) is 2.77. The lowest BCUT2D eigenvalue weighted by Crippen LogP contribution is -2.36. The highest BCUT2D eigenvalue weighted by atomic mass is 16.2. The number of anilines is 1. The van der Waals surface area contributed by atoms with Gasteiger partial charge in [-0.15, -0.1) is 0 Å². The number of rotatable bonds is 2. The fourth-order valence-corrected chi connectivity index (χ4v) is 1.65. The lowest BCUT2D eigenvalue weighted by atomic mass is 10.2. The molecule has 0 spiro atoms. The summed E-state index contributed by atoms with van der Waals surface area (Å²) in [4.78, 5) is 27.5. The van der Waals surface area contributed by atoms with Crippen LogP contribution in [0.1, 0.15) is 5.56 Å². The molecule has 2 aromatic rings. The van der Waals surface area contributed by atoms with Gasteiger partial charge in [-0.05, 0) is 6.07 Å². The summed E-state index contributed by atoms with van der Waals surface area (Å²) in [5.74, 6) is 0. The van der Waals surface area contributed by atoms with E-state index in [4.69, 9.17) is 5.73 Å². The van der Waals surface area contributed by atoms with Gasteiger partial charge in [-0.2, -0.15) is 0 Å². The Labute approximate surface area is 109 Å². The molecule has 1 aromatic heterocycles. The van der Waals surface area contributed by atoms with Gasteiger partial charge in [-0.1, -0.05) is 18.2 Å². The van der Waals surface area contributed by atoms with Gasteiger partial charge in [0.1, 0.15) is 5.69 Å². The minimum Gasteiger partial charge on any atom is -0.398 e. The Balaban J connectivity index is 2.49. The van der Waals surface area contributed by atoms with Gasteiger partial charge in [0.05, 0.1) is 0 Å². The summed E-state index contributed by atoms with van der Waals surface area (Å²) in [5.41, 5.74) is 6.44. The molecule has 0 bridgehead atoms. The largest absolute Gasteiger partial charge is 0.398 e. The number of aliphatic imine (C=N–C) groups is 1. The third kappa shape index (κ3) is 2.47. The highest BCUT2D eigenvalue weighted by Crippen LogP contribution is 2.09. The second-order valence-corrected chi connectivity index (χ2v) is 4.16. The van der Waals surface area contributed by atoms with Crippen molar-refractivity contribution in [3.8, 4) is 0 Å². The number of hydrogen-bond acceptors (Lipinski definition) is 4. The lowest BCUT2D eigenvalue weighted by Gasteiger charge is -2.03. The molecular weight excluding hydrogens is 244 g/mol. The van der Waals surface area contributed by atoms with E-state index >= 15 is 0 Å². The Kier molecular flexibility index (Phi) is 3.33. The van der Waals surface area contributed by atoms with Crippen LogP contribution in [0, 0.1) is 0 Å². The maximum atomic E-state index is 11.9. The zero-order valence-electron chi connectivity index (χ0n) is 10.7. The molecular formula is C13H14N4O2. The van der Waals surface area contributed by atoms with E-state index in [1.54, 1.807) is 19.2 Å². The second kappa shape index (κ2) is 4.93. The standard InChI is InChI=1S/C13H14N4O2/c1-16-8-11(12(18)17(2)13(16)19)15-7-9-5-3-4-6-10(9)14/h3-8H,14H2,1-2H3. The smallest absolute Gasteiger partial charge is 0.330 e. The minimum atomic E-state index is -0.436. The molecule has 0 saturated heterocycles. The highest BCUT2D eigenvalue weighted by Gasteiger charge is 2.04. The molecule has 98 valence electrons. The highest BCUT2D eigenvalue weighted by molar-refractivity contribution is 5.88. The maximum absolute atomic E-state index is 11.9. The van der Waals surface area contributed by atoms with Gasteiger partial charge in [0.15, 0.2) is 0 Å². The molecule has 0 aliphatic rings. The summed E-state index contributed by atoms with van der Waals surface area (Å²) in [7, 11) is 2.98. The van der Waals surface area contributed by atoms with Gasteiger partial charge in [-0.3, -0.25) is 9.36 Å². The topological polar surface area (TPSA) is 82.4 Å². The van der Waals surface area contributed by atoms with E-state index in [-0.39, 0.29) is 11.4 Å². The molecule has 1 heterocycles. The number of nitrogens with two attached hydrogens (primary N) is 1. The Morgan fingerprint density at radius 1 is 1.21 bits per heavy atom. The summed E-state index contributed by atoms with van der Waals surface area (Å²) in [6.45, 7) is 0. The normalized spacial score (nSPS) is 11.1. The second-order valence-electron chi connectivity index (χ2n) is 4.16. The number of nitrogens with zero attached hydrogens (tertiary/aromatic N) is 3. The number of hydrogen-bond donors (Lipinski definition) is 1. The van der Waals surface area contributed by atoms with E-state index < -0.39 is 5.56 Å². The van der Waals surface area contributed by atoms with Crippen molar-refractivity contribution in [2.75, 3.05) is 5.73 Å². The monoisotopic (exact) mass is 258 g/mol. The molecule has 19 heavy (non-hydrogen) atoms. The van der Waals surface area contributed by atoms with Crippen molar-refractivity contribution in [1.82, 2.24) is 9.13 Å². The molecule has 0 fully saturated rings. The van der Waals surface area contributed by atoms with Crippen molar-refractivity contribution in [1.29, 1.82) is 0 Å². The van der Waals surface area contributed by atoms with Crippen molar-refractivity contribution in [2.45, 2.75) is 0 Å². The van der Waals surface area contributed by atoms with Crippen molar-refractivity contribution in [2.24, 2.45) is 19.1 Å². The van der Waals surface area contributed by atoms with Gasteiger partial charge >= 0.3 is 5.69 Å². The predicted octanol–water partition coefficient (Wildman–Crippen LogP) is 0.417. The molecule has 0 aliphatic heterocycles. The van der Waals surface area contributed by atoms with Crippen LogP contribution in [0.5, 0.6) is 0 Å². The molecule has 0 aliphatic carbocycles.